The van der Waals surface area contributed by atoms with Crippen LogP contribution in [0.5, 0.6) is 0 Å². The van der Waals surface area contributed by atoms with Crippen molar-refractivity contribution in [2.45, 2.75) is 38.4 Å². The van der Waals surface area contributed by atoms with E-state index in [0.29, 0.717) is 0 Å². The number of amides is 3. The predicted octanol–water partition coefficient (Wildman–Crippen LogP) is -1.20. The van der Waals surface area contributed by atoms with Gasteiger partial charge >= 0.3 is 5.97 Å². The van der Waals surface area contributed by atoms with Gasteiger partial charge < -0.3 is 26.2 Å². The van der Waals surface area contributed by atoms with Gasteiger partial charge in [0.05, 0.1) is 6.61 Å². The maximum Gasteiger partial charge on any atom is 0.328 e. The lowest BCUT2D eigenvalue weighted by atomic mass is 10.0. The molecule has 142 valence electrons. The van der Waals surface area contributed by atoms with Gasteiger partial charge in [-0.15, -0.1) is 0 Å². The van der Waals surface area contributed by atoms with Crippen LogP contribution in [0.2, 0.25) is 0 Å². The Morgan fingerprint density at radius 1 is 0.962 bits per heavy atom. The molecule has 0 bridgehead atoms. The van der Waals surface area contributed by atoms with E-state index < -0.39 is 48.4 Å². The van der Waals surface area contributed by atoms with E-state index in [-0.39, 0.29) is 6.42 Å². The molecule has 0 saturated carbocycles. The van der Waals surface area contributed by atoms with Gasteiger partial charge in [-0.2, -0.15) is 0 Å². The summed E-state index contributed by atoms with van der Waals surface area (Å²) in [5.74, 6) is -3.13. The second kappa shape index (κ2) is 10.1. The molecule has 1 rings (SSSR count). The van der Waals surface area contributed by atoms with Crippen molar-refractivity contribution in [2.24, 2.45) is 0 Å². The van der Waals surface area contributed by atoms with Crippen LogP contribution in [0.3, 0.4) is 0 Å². The molecular weight excluding hydrogens is 342 g/mol. The number of carbonyl (C=O) groups is 4. The fourth-order valence-corrected chi connectivity index (χ4v) is 2.17. The molecule has 0 aliphatic carbocycles. The summed E-state index contributed by atoms with van der Waals surface area (Å²) in [6.45, 7) is 1.88. The summed E-state index contributed by atoms with van der Waals surface area (Å²) in [7, 11) is 0. The third-order valence-electron chi connectivity index (χ3n) is 3.53. The minimum absolute atomic E-state index is 0.231. The van der Waals surface area contributed by atoms with Crippen molar-refractivity contribution in [3.63, 3.8) is 0 Å². The first-order valence-corrected chi connectivity index (χ1v) is 8.00. The van der Waals surface area contributed by atoms with E-state index in [0.717, 1.165) is 5.56 Å². The monoisotopic (exact) mass is 365 g/mol. The van der Waals surface area contributed by atoms with Gasteiger partial charge in [0, 0.05) is 13.3 Å². The molecule has 0 spiro atoms. The molecule has 1 aromatic rings. The molecule has 9 nitrogen and oxygen atoms in total. The topological polar surface area (TPSA) is 145 Å². The zero-order valence-electron chi connectivity index (χ0n) is 14.6. The Morgan fingerprint density at radius 3 is 2.08 bits per heavy atom. The lowest BCUT2D eigenvalue weighted by Crippen LogP contribution is -2.55. The predicted molar refractivity (Wildman–Crippen MR) is 92.0 cm³/mol. The number of aliphatic hydroxyl groups excluding tert-OH is 1. The highest BCUT2D eigenvalue weighted by Gasteiger charge is 2.26. The minimum Gasteiger partial charge on any atom is -0.480 e. The second-order valence-electron chi connectivity index (χ2n) is 5.76. The van der Waals surface area contributed by atoms with Crippen LogP contribution in [0.4, 0.5) is 0 Å². The van der Waals surface area contributed by atoms with Crippen molar-refractivity contribution in [3.8, 4) is 0 Å². The maximum absolute atomic E-state index is 12.4. The van der Waals surface area contributed by atoms with Gasteiger partial charge in [-0.25, -0.2) is 4.79 Å². The SMILES string of the molecule is CC(=O)N[C@H](Cc1ccccc1)C(=O)N[C@@H](C)C(=O)N[C@@H](CO)C(=O)O. The van der Waals surface area contributed by atoms with E-state index >= 15 is 0 Å². The van der Waals surface area contributed by atoms with Crippen LogP contribution in [0.1, 0.15) is 19.4 Å². The number of carboxylic acids is 1. The summed E-state index contributed by atoms with van der Waals surface area (Å²) >= 11 is 0. The second-order valence-corrected chi connectivity index (χ2v) is 5.76. The average Bonchev–Trinajstić information content (AvgIpc) is 2.58. The number of hydrogen-bond donors (Lipinski definition) is 5. The molecule has 3 amide bonds. The molecule has 0 heterocycles. The van der Waals surface area contributed by atoms with Gasteiger partial charge in [0.1, 0.15) is 18.1 Å². The lowest BCUT2D eigenvalue weighted by Gasteiger charge is -2.21. The molecule has 0 aliphatic rings. The summed E-state index contributed by atoms with van der Waals surface area (Å²) in [5.41, 5.74) is 0.824. The van der Waals surface area contributed by atoms with Gasteiger partial charge in [0.2, 0.25) is 17.7 Å². The van der Waals surface area contributed by atoms with E-state index in [1.807, 2.05) is 6.07 Å². The number of carbonyl (C=O) groups excluding carboxylic acids is 3. The molecule has 0 unspecified atom stereocenters. The summed E-state index contributed by atoms with van der Waals surface area (Å²) in [6, 6.07) is 5.63. The van der Waals surface area contributed by atoms with Crippen LogP contribution in [0, 0.1) is 0 Å². The Morgan fingerprint density at radius 2 is 1.58 bits per heavy atom. The Bertz CT molecular complexity index is 649. The quantitative estimate of drug-likeness (QED) is 0.372. The molecule has 5 N–H and O–H groups in total. The van der Waals surface area contributed by atoms with E-state index in [4.69, 9.17) is 10.2 Å². The largest absolute Gasteiger partial charge is 0.480 e. The molecule has 0 saturated heterocycles. The third-order valence-corrected chi connectivity index (χ3v) is 3.53. The van der Waals surface area contributed by atoms with Crippen molar-refractivity contribution in [3.05, 3.63) is 35.9 Å². The summed E-state index contributed by atoms with van der Waals surface area (Å²) < 4.78 is 0. The molecule has 26 heavy (non-hydrogen) atoms. The van der Waals surface area contributed by atoms with Gasteiger partial charge in [-0.05, 0) is 12.5 Å². The van der Waals surface area contributed by atoms with Crippen LogP contribution < -0.4 is 16.0 Å². The fourth-order valence-electron chi connectivity index (χ4n) is 2.17. The van der Waals surface area contributed by atoms with Gasteiger partial charge in [0.25, 0.3) is 0 Å². The Balaban J connectivity index is 2.73. The maximum atomic E-state index is 12.4. The van der Waals surface area contributed by atoms with E-state index in [1.165, 1.54) is 13.8 Å². The lowest BCUT2D eigenvalue weighted by molar-refractivity contribution is -0.143. The van der Waals surface area contributed by atoms with Crippen molar-refractivity contribution >= 4 is 23.7 Å². The highest BCUT2D eigenvalue weighted by atomic mass is 16.4. The zero-order chi connectivity index (χ0) is 19.7. The number of benzene rings is 1. The highest BCUT2D eigenvalue weighted by molar-refractivity contribution is 5.93. The molecule has 0 radical (unpaired) electrons. The first kappa shape index (κ1) is 21.1. The first-order valence-electron chi connectivity index (χ1n) is 8.00. The number of aliphatic hydroxyl groups is 1. The van der Waals surface area contributed by atoms with Crippen LogP contribution >= 0.6 is 0 Å². The minimum atomic E-state index is -1.46. The number of rotatable bonds is 9. The fraction of sp³-hybridized carbons (Fsp3) is 0.412. The van der Waals surface area contributed by atoms with Crippen molar-refractivity contribution < 1.29 is 29.4 Å². The van der Waals surface area contributed by atoms with E-state index in [9.17, 15) is 19.2 Å². The van der Waals surface area contributed by atoms with E-state index in [2.05, 4.69) is 16.0 Å². The van der Waals surface area contributed by atoms with Crippen LogP contribution in [-0.4, -0.2) is 58.6 Å². The summed E-state index contributed by atoms with van der Waals surface area (Å²) in [4.78, 5) is 46.6. The molecular formula is C17H23N3O6. The Hall–Kier alpha value is -2.94. The Kier molecular flexibility index (Phi) is 8.23. The molecule has 1 aromatic carbocycles. The molecule has 0 fully saturated rings. The number of hydrogen-bond acceptors (Lipinski definition) is 5. The summed E-state index contributed by atoms with van der Waals surface area (Å²) in [5, 5.41) is 24.8. The van der Waals surface area contributed by atoms with Crippen LogP contribution in [0.15, 0.2) is 30.3 Å². The number of nitrogens with one attached hydrogen (secondary N) is 3. The first-order chi connectivity index (χ1) is 12.2. The van der Waals surface area contributed by atoms with Crippen molar-refractivity contribution in [1.82, 2.24) is 16.0 Å². The standard InChI is InChI=1S/C17H23N3O6/c1-10(15(23)20-14(9-21)17(25)26)18-16(24)13(19-11(2)22)8-12-6-4-3-5-7-12/h3-7,10,13-14,21H,8-9H2,1-2H3,(H,18,24)(H,19,22)(H,20,23)(H,25,26)/t10-,13+,14-/m0/s1. The van der Waals surface area contributed by atoms with Crippen molar-refractivity contribution in [2.75, 3.05) is 6.61 Å². The molecule has 3 atom stereocenters. The molecule has 9 heteroatoms. The van der Waals surface area contributed by atoms with Gasteiger partial charge in [0.15, 0.2) is 0 Å². The highest BCUT2D eigenvalue weighted by Crippen LogP contribution is 2.04. The van der Waals surface area contributed by atoms with E-state index in [1.54, 1.807) is 24.3 Å². The third kappa shape index (κ3) is 6.89. The smallest absolute Gasteiger partial charge is 0.328 e. The summed E-state index contributed by atoms with van der Waals surface area (Å²) in [6.07, 6.45) is 0.231. The van der Waals surface area contributed by atoms with Gasteiger partial charge in [-0.1, -0.05) is 30.3 Å². The number of carboxylic acid groups (broad SMARTS) is 1. The van der Waals surface area contributed by atoms with Gasteiger partial charge in [-0.3, -0.25) is 14.4 Å². The van der Waals surface area contributed by atoms with Crippen LogP contribution in [-0.2, 0) is 25.6 Å². The number of aliphatic carboxylic acids is 1. The average molecular weight is 365 g/mol. The Labute approximate surface area is 150 Å². The molecule has 0 aromatic heterocycles. The normalized spacial score (nSPS) is 13.8. The van der Waals surface area contributed by atoms with Crippen molar-refractivity contribution in [1.29, 1.82) is 0 Å². The molecule has 0 aliphatic heterocycles. The van der Waals surface area contributed by atoms with Crippen LogP contribution in [0.25, 0.3) is 0 Å². The zero-order valence-corrected chi connectivity index (χ0v) is 14.6.